The van der Waals surface area contributed by atoms with Crippen LogP contribution in [0.25, 0.3) is 22.2 Å². The molecule has 2 aromatic heterocycles. The number of pyridine rings is 1. The molecule has 5 heteroatoms. The number of aryl methyl sites for hydroxylation is 1. The molecule has 3 N–H and O–H groups in total. The minimum atomic E-state index is -0.0332. The largest absolute Gasteiger partial charge is 0.385 e. The third-order valence-corrected chi connectivity index (χ3v) is 5.40. The zero-order valence-corrected chi connectivity index (χ0v) is 15.9. The predicted molar refractivity (Wildman–Crippen MR) is 106 cm³/mol. The maximum absolute atomic E-state index is 6.14. The number of nitrogens with zero attached hydrogens (tertiary/aromatic N) is 2. The van der Waals surface area contributed by atoms with Crippen LogP contribution >= 0.6 is 0 Å². The van der Waals surface area contributed by atoms with Crippen LogP contribution in [0.4, 0.5) is 0 Å². The van der Waals surface area contributed by atoms with E-state index in [-0.39, 0.29) is 5.41 Å². The number of rotatable bonds is 8. The van der Waals surface area contributed by atoms with Crippen molar-refractivity contribution >= 4 is 11.0 Å². The Bertz CT molecular complexity index is 867. The second-order valence-corrected chi connectivity index (χ2v) is 7.12. The molecule has 1 aromatic carbocycles. The van der Waals surface area contributed by atoms with Crippen LogP contribution in [0.15, 0.2) is 36.7 Å². The molecule has 138 valence electrons. The van der Waals surface area contributed by atoms with Crippen LogP contribution in [-0.2, 0) is 16.6 Å². The lowest BCUT2D eigenvalue weighted by atomic mass is 9.78. The van der Waals surface area contributed by atoms with Gasteiger partial charge in [0.2, 0.25) is 0 Å². The van der Waals surface area contributed by atoms with Crippen molar-refractivity contribution in [3.8, 4) is 11.1 Å². The van der Waals surface area contributed by atoms with E-state index in [1.54, 1.807) is 7.11 Å². The lowest BCUT2D eigenvalue weighted by Crippen LogP contribution is -2.31. The molecule has 2 heterocycles. The maximum Gasteiger partial charge on any atom is 0.155 e. The molecule has 0 saturated carbocycles. The topological polar surface area (TPSA) is 76.8 Å². The maximum atomic E-state index is 6.14. The van der Waals surface area contributed by atoms with E-state index in [1.807, 2.05) is 12.4 Å². The van der Waals surface area contributed by atoms with Gasteiger partial charge >= 0.3 is 0 Å². The molecular weight excluding hydrogens is 324 g/mol. The molecule has 1 atom stereocenters. The Morgan fingerprint density at radius 1 is 1.27 bits per heavy atom. The molecule has 5 nitrogen and oxygen atoms in total. The minimum Gasteiger partial charge on any atom is -0.385 e. The molecule has 0 fully saturated rings. The van der Waals surface area contributed by atoms with Gasteiger partial charge in [-0.25, -0.2) is 4.98 Å². The summed E-state index contributed by atoms with van der Waals surface area (Å²) in [5.74, 6) is 0. The van der Waals surface area contributed by atoms with E-state index in [9.17, 15) is 0 Å². The second-order valence-electron chi connectivity index (χ2n) is 7.12. The molecule has 0 aliphatic carbocycles. The number of benzene rings is 1. The van der Waals surface area contributed by atoms with Crippen molar-refractivity contribution in [2.45, 2.75) is 38.5 Å². The van der Waals surface area contributed by atoms with Gasteiger partial charge in [0.1, 0.15) is 0 Å². The highest BCUT2D eigenvalue weighted by Gasteiger charge is 2.24. The molecule has 3 rings (SSSR count). The minimum absolute atomic E-state index is 0.0332. The number of aromatic amines is 1. The Hall–Kier alpha value is -2.24. The molecule has 0 bridgehead atoms. The van der Waals surface area contributed by atoms with Gasteiger partial charge in [-0.1, -0.05) is 32.0 Å². The van der Waals surface area contributed by atoms with Gasteiger partial charge in [0.25, 0.3) is 0 Å². The van der Waals surface area contributed by atoms with Gasteiger partial charge in [-0.3, -0.25) is 5.10 Å². The molecular formula is C21H28N4O. The molecule has 0 aliphatic heterocycles. The highest BCUT2D eigenvalue weighted by Crippen LogP contribution is 2.34. The van der Waals surface area contributed by atoms with Crippen molar-refractivity contribution in [2.24, 2.45) is 5.73 Å². The third-order valence-electron chi connectivity index (χ3n) is 5.40. The number of nitrogens with two attached hydrogens (primary N) is 1. The fraction of sp³-hybridized carbons (Fsp3) is 0.429. The van der Waals surface area contributed by atoms with Crippen molar-refractivity contribution in [3.05, 3.63) is 47.8 Å². The average molecular weight is 352 g/mol. The van der Waals surface area contributed by atoms with Crippen molar-refractivity contribution in [1.29, 1.82) is 0 Å². The van der Waals surface area contributed by atoms with Crippen molar-refractivity contribution < 1.29 is 4.74 Å². The van der Waals surface area contributed by atoms with E-state index in [4.69, 9.17) is 10.5 Å². The van der Waals surface area contributed by atoms with Gasteiger partial charge in [0, 0.05) is 37.3 Å². The lowest BCUT2D eigenvalue weighted by molar-refractivity contribution is 0.195. The van der Waals surface area contributed by atoms with Gasteiger partial charge in [-0.05, 0) is 47.6 Å². The first-order valence-corrected chi connectivity index (χ1v) is 9.23. The number of nitrogens with one attached hydrogen (secondary N) is 1. The first-order valence-electron chi connectivity index (χ1n) is 9.23. The Morgan fingerprint density at radius 3 is 2.85 bits per heavy atom. The van der Waals surface area contributed by atoms with Crippen LogP contribution in [-0.4, -0.2) is 35.4 Å². The summed E-state index contributed by atoms with van der Waals surface area (Å²) in [6.07, 6.45) is 6.66. The number of methoxy groups -OCH3 is 1. The van der Waals surface area contributed by atoms with E-state index in [2.05, 4.69) is 53.3 Å². The average Bonchev–Trinajstić information content (AvgIpc) is 3.16. The Labute approximate surface area is 155 Å². The van der Waals surface area contributed by atoms with Crippen LogP contribution < -0.4 is 5.73 Å². The fourth-order valence-electron chi connectivity index (χ4n) is 3.33. The highest BCUT2D eigenvalue weighted by molar-refractivity contribution is 5.92. The van der Waals surface area contributed by atoms with Gasteiger partial charge < -0.3 is 10.5 Å². The molecule has 1 unspecified atom stereocenters. The van der Waals surface area contributed by atoms with E-state index in [1.165, 1.54) is 16.7 Å². The van der Waals surface area contributed by atoms with Crippen molar-refractivity contribution in [2.75, 3.05) is 20.3 Å². The highest BCUT2D eigenvalue weighted by atomic mass is 16.5. The third kappa shape index (κ3) is 3.64. The van der Waals surface area contributed by atoms with Crippen molar-refractivity contribution in [3.63, 3.8) is 0 Å². The van der Waals surface area contributed by atoms with E-state index in [0.29, 0.717) is 6.54 Å². The molecule has 0 amide bonds. The summed E-state index contributed by atoms with van der Waals surface area (Å²) < 4.78 is 5.22. The van der Waals surface area contributed by atoms with Crippen molar-refractivity contribution in [1.82, 2.24) is 15.2 Å². The molecule has 26 heavy (non-hydrogen) atoms. The summed E-state index contributed by atoms with van der Waals surface area (Å²) in [7, 11) is 1.75. The Kier molecular flexibility index (Phi) is 5.69. The van der Waals surface area contributed by atoms with Gasteiger partial charge in [-0.15, -0.1) is 0 Å². The lowest BCUT2D eigenvalue weighted by Gasteiger charge is -2.28. The zero-order valence-electron chi connectivity index (χ0n) is 15.9. The summed E-state index contributed by atoms with van der Waals surface area (Å²) in [5, 5.41) is 8.15. The van der Waals surface area contributed by atoms with Crippen LogP contribution in [0, 0.1) is 0 Å². The number of aromatic nitrogens is 3. The normalized spacial score (nSPS) is 13.8. The quantitative estimate of drug-likeness (QED) is 0.604. The van der Waals surface area contributed by atoms with Crippen LogP contribution in [0.3, 0.4) is 0 Å². The Morgan fingerprint density at radius 2 is 2.12 bits per heavy atom. The first-order chi connectivity index (χ1) is 12.6. The molecule has 0 aliphatic rings. The fourth-order valence-corrected chi connectivity index (χ4v) is 3.33. The van der Waals surface area contributed by atoms with Gasteiger partial charge in [0.15, 0.2) is 5.65 Å². The first kappa shape index (κ1) is 18.5. The zero-order chi connectivity index (χ0) is 18.6. The standard InChI is InChI=1S/C21H28N4O/c1-4-21(2,14-22)17-11-15(6-5-9-26-3)10-16(12-17)18-7-8-23-20-19(18)13-24-25-20/h7-8,10-13H,4-6,9,14,22H2,1-3H3,(H,23,24,25). The van der Waals surface area contributed by atoms with Gasteiger partial charge in [0.05, 0.1) is 6.20 Å². The molecule has 0 saturated heterocycles. The van der Waals surface area contributed by atoms with E-state index in [0.717, 1.165) is 42.5 Å². The molecule has 3 aromatic rings. The predicted octanol–water partition coefficient (Wildman–Crippen LogP) is 3.83. The van der Waals surface area contributed by atoms with E-state index >= 15 is 0 Å². The molecule has 0 radical (unpaired) electrons. The number of hydrogen-bond acceptors (Lipinski definition) is 4. The second kappa shape index (κ2) is 7.98. The summed E-state index contributed by atoms with van der Waals surface area (Å²) in [6.45, 7) is 5.83. The number of ether oxygens (including phenoxy) is 1. The Balaban J connectivity index is 2.11. The number of H-pyrrole nitrogens is 1. The summed E-state index contributed by atoms with van der Waals surface area (Å²) in [4.78, 5) is 4.36. The van der Waals surface area contributed by atoms with Gasteiger partial charge in [-0.2, -0.15) is 5.10 Å². The monoisotopic (exact) mass is 352 g/mol. The van der Waals surface area contributed by atoms with E-state index < -0.39 is 0 Å². The summed E-state index contributed by atoms with van der Waals surface area (Å²) >= 11 is 0. The van der Waals surface area contributed by atoms with Crippen LogP contribution in [0.1, 0.15) is 37.8 Å². The SMILES string of the molecule is CCC(C)(CN)c1cc(CCCOC)cc(-c2ccnc3[nH]ncc23)c1. The number of fused-ring (bicyclic) bond motifs is 1. The summed E-state index contributed by atoms with van der Waals surface area (Å²) in [5.41, 5.74) is 11.9. The van der Waals surface area contributed by atoms with Crippen LogP contribution in [0.2, 0.25) is 0 Å². The number of hydrogen-bond donors (Lipinski definition) is 2. The molecule has 0 spiro atoms. The smallest absolute Gasteiger partial charge is 0.155 e. The van der Waals surface area contributed by atoms with Crippen LogP contribution in [0.5, 0.6) is 0 Å². The summed E-state index contributed by atoms with van der Waals surface area (Å²) in [6, 6.07) is 8.91.